The SMILES string of the molecule is CCCOc1cc(C)ccc1CN=C(NCC)NCCCc1cn[nH]c1C.I. The number of aryl methyl sites for hydroxylation is 3. The Balaban J connectivity index is 0.00000392. The highest BCUT2D eigenvalue weighted by Crippen LogP contribution is 2.21. The molecule has 0 aliphatic rings. The van der Waals surface area contributed by atoms with Gasteiger partial charge in [-0.1, -0.05) is 19.1 Å². The average molecular weight is 499 g/mol. The lowest BCUT2D eigenvalue weighted by Gasteiger charge is -2.13. The molecule has 0 amide bonds. The van der Waals surface area contributed by atoms with E-state index in [1.165, 1.54) is 11.1 Å². The molecule has 0 fully saturated rings. The van der Waals surface area contributed by atoms with Crippen molar-refractivity contribution in [2.45, 2.75) is 53.5 Å². The van der Waals surface area contributed by atoms with Gasteiger partial charge in [0.2, 0.25) is 0 Å². The minimum Gasteiger partial charge on any atom is -0.493 e. The standard InChI is InChI=1S/C21H33N5O.HI/c1-5-12-27-20-13-16(3)9-10-19(20)14-24-21(22-6-2)23-11-7-8-18-15-25-26-17(18)4;/h9-10,13,15H,5-8,11-12,14H2,1-4H3,(H,25,26)(H2,22,23,24);1H. The molecular formula is C21H34IN5O. The van der Waals surface area contributed by atoms with Crippen LogP contribution in [0.25, 0.3) is 0 Å². The molecule has 7 heteroatoms. The van der Waals surface area contributed by atoms with Gasteiger partial charge in [-0.15, -0.1) is 24.0 Å². The van der Waals surface area contributed by atoms with Gasteiger partial charge in [0.25, 0.3) is 0 Å². The topological polar surface area (TPSA) is 74.3 Å². The number of aliphatic imine (C=N–C) groups is 1. The van der Waals surface area contributed by atoms with E-state index in [2.05, 4.69) is 66.7 Å². The summed E-state index contributed by atoms with van der Waals surface area (Å²) in [5, 5.41) is 13.8. The van der Waals surface area contributed by atoms with Crippen LogP contribution in [0.5, 0.6) is 5.75 Å². The molecule has 3 N–H and O–H groups in total. The Morgan fingerprint density at radius 1 is 1.18 bits per heavy atom. The molecule has 0 saturated heterocycles. The fourth-order valence-electron chi connectivity index (χ4n) is 2.76. The summed E-state index contributed by atoms with van der Waals surface area (Å²) in [4.78, 5) is 4.73. The van der Waals surface area contributed by atoms with Gasteiger partial charge in [-0.3, -0.25) is 5.10 Å². The van der Waals surface area contributed by atoms with Crippen LogP contribution in [0.2, 0.25) is 0 Å². The minimum absolute atomic E-state index is 0. The summed E-state index contributed by atoms with van der Waals surface area (Å²) in [6, 6.07) is 6.31. The van der Waals surface area contributed by atoms with Gasteiger partial charge in [-0.25, -0.2) is 4.99 Å². The van der Waals surface area contributed by atoms with Crippen molar-refractivity contribution in [3.8, 4) is 5.75 Å². The first-order valence-electron chi connectivity index (χ1n) is 9.87. The minimum atomic E-state index is 0. The number of hydrogen-bond acceptors (Lipinski definition) is 3. The third-order valence-corrected chi connectivity index (χ3v) is 4.29. The first-order valence-corrected chi connectivity index (χ1v) is 9.87. The predicted molar refractivity (Wildman–Crippen MR) is 127 cm³/mol. The van der Waals surface area contributed by atoms with Crippen molar-refractivity contribution in [1.82, 2.24) is 20.8 Å². The monoisotopic (exact) mass is 499 g/mol. The van der Waals surface area contributed by atoms with Crippen LogP contribution in [0, 0.1) is 13.8 Å². The summed E-state index contributed by atoms with van der Waals surface area (Å²) in [7, 11) is 0. The van der Waals surface area contributed by atoms with Gasteiger partial charge in [0.05, 0.1) is 19.3 Å². The third kappa shape index (κ3) is 8.08. The molecule has 0 bridgehead atoms. The smallest absolute Gasteiger partial charge is 0.191 e. The van der Waals surface area contributed by atoms with Crippen molar-refractivity contribution in [2.75, 3.05) is 19.7 Å². The molecule has 1 aromatic carbocycles. The number of nitrogens with one attached hydrogen (secondary N) is 3. The Morgan fingerprint density at radius 3 is 2.68 bits per heavy atom. The highest BCUT2D eigenvalue weighted by molar-refractivity contribution is 14.0. The van der Waals surface area contributed by atoms with E-state index in [9.17, 15) is 0 Å². The normalized spacial score (nSPS) is 11.1. The van der Waals surface area contributed by atoms with Crippen molar-refractivity contribution in [3.05, 3.63) is 46.8 Å². The molecule has 0 unspecified atom stereocenters. The molecule has 2 rings (SSSR count). The highest BCUT2D eigenvalue weighted by atomic mass is 127. The van der Waals surface area contributed by atoms with E-state index in [-0.39, 0.29) is 24.0 Å². The second-order valence-corrected chi connectivity index (χ2v) is 6.71. The third-order valence-electron chi connectivity index (χ3n) is 4.29. The van der Waals surface area contributed by atoms with E-state index in [0.717, 1.165) is 61.9 Å². The Morgan fingerprint density at radius 2 is 2.00 bits per heavy atom. The Hall–Kier alpha value is -1.77. The van der Waals surface area contributed by atoms with E-state index in [4.69, 9.17) is 9.73 Å². The molecule has 0 radical (unpaired) electrons. The maximum Gasteiger partial charge on any atom is 0.191 e. The summed E-state index contributed by atoms with van der Waals surface area (Å²) >= 11 is 0. The van der Waals surface area contributed by atoms with E-state index in [1.807, 2.05) is 6.20 Å². The summed E-state index contributed by atoms with van der Waals surface area (Å²) in [6.07, 6.45) is 4.93. The number of benzene rings is 1. The number of guanidine groups is 1. The molecule has 0 atom stereocenters. The number of halogens is 1. The van der Waals surface area contributed by atoms with Crippen molar-refractivity contribution >= 4 is 29.9 Å². The van der Waals surface area contributed by atoms with E-state index >= 15 is 0 Å². The number of H-pyrrole nitrogens is 1. The largest absolute Gasteiger partial charge is 0.493 e. The maximum atomic E-state index is 5.89. The predicted octanol–water partition coefficient (Wildman–Crippen LogP) is 4.12. The second kappa shape index (κ2) is 13.4. The Labute approximate surface area is 186 Å². The van der Waals surface area contributed by atoms with Crippen molar-refractivity contribution in [3.63, 3.8) is 0 Å². The van der Waals surface area contributed by atoms with E-state index in [1.54, 1.807) is 0 Å². The van der Waals surface area contributed by atoms with Gasteiger partial charge in [0.15, 0.2) is 5.96 Å². The fraction of sp³-hybridized carbons (Fsp3) is 0.524. The highest BCUT2D eigenvalue weighted by Gasteiger charge is 2.05. The van der Waals surface area contributed by atoms with Crippen LogP contribution < -0.4 is 15.4 Å². The second-order valence-electron chi connectivity index (χ2n) is 6.71. The molecule has 0 spiro atoms. The number of ether oxygens (including phenoxy) is 1. The lowest BCUT2D eigenvalue weighted by molar-refractivity contribution is 0.314. The zero-order valence-corrected chi connectivity index (χ0v) is 19.8. The number of rotatable bonds is 10. The summed E-state index contributed by atoms with van der Waals surface area (Å²) in [6.45, 7) is 11.4. The molecule has 0 aliphatic carbocycles. The van der Waals surface area contributed by atoms with Gasteiger partial charge in [-0.05, 0) is 57.2 Å². The molecule has 1 aromatic heterocycles. The summed E-state index contributed by atoms with van der Waals surface area (Å²) in [5.74, 6) is 1.77. The molecular weight excluding hydrogens is 465 g/mol. The fourth-order valence-corrected chi connectivity index (χ4v) is 2.76. The van der Waals surface area contributed by atoms with Crippen molar-refractivity contribution in [2.24, 2.45) is 4.99 Å². The lowest BCUT2D eigenvalue weighted by Crippen LogP contribution is -2.37. The Kier molecular flexibility index (Phi) is 11.6. The number of aromatic nitrogens is 2. The van der Waals surface area contributed by atoms with Crippen LogP contribution in [-0.2, 0) is 13.0 Å². The first kappa shape index (κ1) is 24.3. The zero-order valence-electron chi connectivity index (χ0n) is 17.5. The quantitative estimate of drug-likeness (QED) is 0.199. The van der Waals surface area contributed by atoms with Crippen LogP contribution in [0.4, 0.5) is 0 Å². The molecule has 156 valence electrons. The van der Waals surface area contributed by atoms with Crippen LogP contribution in [-0.4, -0.2) is 35.9 Å². The average Bonchev–Trinajstić information content (AvgIpc) is 3.07. The summed E-state index contributed by atoms with van der Waals surface area (Å²) < 4.78 is 5.89. The van der Waals surface area contributed by atoms with Gasteiger partial charge < -0.3 is 15.4 Å². The van der Waals surface area contributed by atoms with Gasteiger partial charge in [-0.2, -0.15) is 5.10 Å². The molecule has 0 aliphatic heterocycles. The van der Waals surface area contributed by atoms with E-state index < -0.39 is 0 Å². The summed E-state index contributed by atoms with van der Waals surface area (Å²) in [5.41, 5.74) is 4.74. The first-order chi connectivity index (χ1) is 13.1. The molecule has 1 heterocycles. The van der Waals surface area contributed by atoms with Crippen LogP contribution >= 0.6 is 24.0 Å². The van der Waals surface area contributed by atoms with Gasteiger partial charge >= 0.3 is 0 Å². The van der Waals surface area contributed by atoms with Crippen molar-refractivity contribution in [1.29, 1.82) is 0 Å². The number of hydrogen-bond donors (Lipinski definition) is 3. The molecule has 2 aromatic rings. The maximum absolute atomic E-state index is 5.89. The van der Waals surface area contributed by atoms with Crippen LogP contribution in [0.3, 0.4) is 0 Å². The molecule has 28 heavy (non-hydrogen) atoms. The van der Waals surface area contributed by atoms with Crippen LogP contribution in [0.1, 0.15) is 49.1 Å². The van der Waals surface area contributed by atoms with E-state index in [0.29, 0.717) is 6.54 Å². The van der Waals surface area contributed by atoms with Gasteiger partial charge in [0.1, 0.15) is 5.75 Å². The molecule has 6 nitrogen and oxygen atoms in total. The van der Waals surface area contributed by atoms with Crippen molar-refractivity contribution < 1.29 is 4.74 Å². The number of aromatic amines is 1. The Bertz CT molecular complexity index is 729. The van der Waals surface area contributed by atoms with Crippen LogP contribution in [0.15, 0.2) is 29.4 Å². The van der Waals surface area contributed by atoms with Gasteiger partial charge in [0, 0.05) is 24.3 Å². The zero-order chi connectivity index (χ0) is 19.5. The molecule has 0 saturated carbocycles. The lowest BCUT2D eigenvalue weighted by atomic mass is 10.1. The number of nitrogens with zero attached hydrogens (tertiary/aromatic N) is 2.